The molecule has 3 heterocycles. The summed E-state index contributed by atoms with van der Waals surface area (Å²) in [5.41, 5.74) is 14.1. The van der Waals surface area contributed by atoms with Crippen LogP contribution >= 0.6 is 0 Å². The van der Waals surface area contributed by atoms with E-state index in [1.807, 2.05) is 42.6 Å². The van der Waals surface area contributed by atoms with E-state index in [9.17, 15) is 0 Å². The first kappa shape index (κ1) is 37.2. The van der Waals surface area contributed by atoms with Crippen LogP contribution in [0.4, 0.5) is 39.9 Å². The first-order valence-electron chi connectivity index (χ1n) is 19.3. The Bertz CT molecular complexity index is 2750. The van der Waals surface area contributed by atoms with E-state index in [4.69, 9.17) is 9.72 Å². The summed E-state index contributed by atoms with van der Waals surface area (Å²) in [5.74, 6) is 1.96. The summed E-state index contributed by atoms with van der Waals surface area (Å²) < 4.78 is 6.66. The zero-order valence-electron chi connectivity index (χ0n) is 32.3. The summed E-state index contributed by atoms with van der Waals surface area (Å²) in [6.45, 7) is 8.85. The number of pyridine rings is 1. The SMILES string of the molecule is CC(C)(C)c1ccc(-c2ccc3c(c2)N(c2ccccn2)c2[c-]c(Oc4[c-]c(N5[CH-]N(c6ccccc6)c6ccccc65)ccc4)ccc2-c2ccccc2-3)cc1.[Pt]. The average molecular weight is 931 g/mol. The molecule has 6 heteroatoms. The monoisotopic (exact) mass is 930 g/mol. The van der Waals surface area contributed by atoms with Gasteiger partial charge in [-0.05, 0) is 70.1 Å². The van der Waals surface area contributed by atoms with Gasteiger partial charge in [-0.3, -0.25) is 0 Å². The van der Waals surface area contributed by atoms with Gasteiger partial charge in [0.1, 0.15) is 5.82 Å². The van der Waals surface area contributed by atoms with Crippen molar-refractivity contribution in [3.05, 3.63) is 200 Å². The smallest absolute Gasteiger partial charge is 0.135 e. The van der Waals surface area contributed by atoms with Gasteiger partial charge in [0.15, 0.2) is 0 Å². The molecule has 1 aromatic heterocycles. The van der Waals surface area contributed by atoms with Crippen molar-refractivity contribution in [2.75, 3.05) is 14.7 Å². The fraction of sp³-hybridized carbons (Fsp3) is 0.0769. The molecule has 0 radical (unpaired) electrons. The summed E-state index contributed by atoms with van der Waals surface area (Å²) in [5, 5.41) is 0. The van der Waals surface area contributed by atoms with Crippen LogP contribution in [-0.4, -0.2) is 4.98 Å². The average Bonchev–Trinajstić information content (AvgIpc) is 3.59. The molecule has 2 aliphatic rings. The maximum Gasteiger partial charge on any atom is 0.135 e. The molecule has 58 heavy (non-hydrogen) atoms. The third-order valence-electron chi connectivity index (χ3n) is 10.7. The van der Waals surface area contributed by atoms with Crippen LogP contribution in [0.3, 0.4) is 0 Å². The number of hydrogen-bond donors (Lipinski definition) is 0. The molecule has 0 N–H and O–H groups in total. The Labute approximate surface area is 355 Å². The number of aromatic nitrogens is 1. The molecule has 2 aliphatic heterocycles. The molecule has 0 saturated heterocycles. The largest absolute Gasteiger partial charge is 0.509 e. The summed E-state index contributed by atoms with van der Waals surface area (Å²) in [6, 6.07) is 66.5. The van der Waals surface area contributed by atoms with Crippen molar-refractivity contribution in [2.45, 2.75) is 26.2 Å². The van der Waals surface area contributed by atoms with Crippen LogP contribution in [0.1, 0.15) is 26.3 Å². The quantitative estimate of drug-likeness (QED) is 0.155. The van der Waals surface area contributed by atoms with Gasteiger partial charge in [0.2, 0.25) is 0 Å². The van der Waals surface area contributed by atoms with E-state index in [2.05, 4.69) is 188 Å². The zero-order chi connectivity index (χ0) is 38.5. The van der Waals surface area contributed by atoms with Crippen molar-refractivity contribution < 1.29 is 25.8 Å². The van der Waals surface area contributed by atoms with Crippen LogP contribution in [0, 0.1) is 18.8 Å². The van der Waals surface area contributed by atoms with Gasteiger partial charge in [-0.2, -0.15) is 12.1 Å². The number of hydrogen-bond acceptors (Lipinski definition) is 5. The standard InChI is InChI=1S/C52H39N4O.Pt/c1-52(2,3)38-26-23-36(24-27-38)37-25-29-45-43-18-7-8-19-44(43)46-30-28-42(34-50(46)56(49(45)32-37)51-22-11-12-31-53-51)57-41-17-13-16-40(33-41)55-35-54(39-14-5-4-6-15-39)47-20-9-10-21-48(47)55;/h4-32,35H,1-3H3;/q-3;. The van der Waals surface area contributed by atoms with Crippen molar-refractivity contribution >= 4 is 39.9 Å². The minimum atomic E-state index is 0. The van der Waals surface area contributed by atoms with Crippen LogP contribution in [-0.2, 0) is 26.5 Å². The Morgan fingerprint density at radius 2 is 1.19 bits per heavy atom. The molecular weight excluding hydrogens is 892 g/mol. The Kier molecular flexibility index (Phi) is 9.71. The number of benzene rings is 7. The minimum Gasteiger partial charge on any atom is -0.509 e. The number of para-hydroxylation sites is 3. The molecular formula is C52H39N4OPt-3. The van der Waals surface area contributed by atoms with Crippen molar-refractivity contribution in [3.8, 4) is 44.9 Å². The van der Waals surface area contributed by atoms with E-state index in [0.717, 1.165) is 73.3 Å². The van der Waals surface area contributed by atoms with E-state index < -0.39 is 0 Å². The van der Waals surface area contributed by atoms with Crippen molar-refractivity contribution in [1.29, 1.82) is 0 Å². The Balaban J connectivity index is 0.00000436. The van der Waals surface area contributed by atoms with Gasteiger partial charge in [-0.25, -0.2) is 4.98 Å². The zero-order valence-corrected chi connectivity index (χ0v) is 34.6. The normalized spacial score (nSPS) is 12.8. The number of anilines is 7. The van der Waals surface area contributed by atoms with Crippen LogP contribution < -0.4 is 19.4 Å². The Hall–Kier alpha value is -6.42. The molecule has 10 rings (SSSR count). The van der Waals surface area contributed by atoms with Gasteiger partial charge in [0.25, 0.3) is 0 Å². The molecule has 8 aromatic rings. The van der Waals surface area contributed by atoms with Crippen molar-refractivity contribution in [1.82, 2.24) is 4.98 Å². The molecule has 0 bridgehead atoms. The summed E-state index contributed by atoms with van der Waals surface area (Å²) in [4.78, 5) is 11.5. The number of nitrogens with zero attached hydrogens (tertiary/aromatic N) is 4. The first-order chi connectivity index (χ1) is 27.9. The third kappa shape index (κ3) is 6.76. The van der Waals surface area contributed by atoms with Crippen LogP contribution in [0.15, 0.2) is 176 Å². The summed E-state index contributed by atoms with van der Waals surface area (Å²) >= 11 is 0. The second-order valence-corrected chi connectivity index (χ2v) is 15.4. The number of fused-ring (bicyclic) bond motifs is 6. The second-order valence-electron chi connectivity index (χ2n) is 15.4. The van der Waals surface area contributed by atoms with E-state index in [1.165, 1.54) is 5.56 Å². The molecule has 0 saturated carbocycles. The van der Waals surface area contributed by atoms with E-state index in [-0.39, 0.29) is 26.5 Å². The van der Waals surface area contributed by atoms with Crippen LogP contribution in [0.2, 0.25) is 0 Å². The van der Waals surface area contributed by atoms with Gasteiger partial charge in [-0.15, -0.1) is 48.3 Å². The molecule has 0 amide bonds. The fourth-order valence-corrected chi connectivity index (χ4v) is 7.85. The van der Waals surface area contributed by atoms with Crippen molar-refractivity contribution in [3.63, 3.8) is 0 Å². The fourth-order valence-electron chi connectivity index (χ4n) is 7.85. The number of ether oxygens (including phenoxy) is 1. The van der Waals surface area contributed by atoms with Crippen LogP contribution in [0.25, 0.3) is 33.4 Å². The third-order valence-corrected chi connectivity index (χ3v) is 10.7. The predicted octanol–water partition coefficient (Wildman–Crippen LogP) is 14.0. The number of rotatable bonds is 6. The van der Waals surface area contributed by atoms with Gasteiger partial charge in [0, 0.05) is 61.4 Å². The van der Waals surface area contributed by atoms with Gasteiger partial charge in [-0.1, -0.05) is 129 Å². The Morgan fingerprint density at radius 1 is 0.534 bits per heavy atom. The topological polar surface area (TPSA) is 31.8 Å². The summed E-state index contributed by atoms with van der Waals surface area (Å²) in [7, 11) is 0. The van der Waals surface area contributed by atoms with E-state index in [1.54, 1.807) is 0 Å². The van der Waals surface area contributed by atoms with E-state index >= 15 is 0 Å². The molecule has 0 unspecified atom stereocenters. The molecule has 7 aromatic carbocycles. The van der Waals surface area contributed by atoms with E-state index in [0.29, 0.717) is 11.5 Å². The maximum absolute atomic E-state index is 6.66. The molecule has 0 aliphatic carbocycles. The molecule has 5 nitrogen and oxygen atoms in total. The summed E-state index contributed by atoms with van der Waals surface area (Å²) in [6.07, 6.45) is 1.84. The first-order valence-corrected chi connectivity index (χ1v) is 19.3. The minimum absolute atomic E-state index is 0. The maximum atomic E-state index is 6.66. The predicted molar refractivity (Wildman–Crippen MR) is 233 cm³/mol. The van der Waals surface area contributed by atoms with Crippen LogP contribution in [0.5, 0.6) is 11.5 Å². The van der Waals surface area contributed by atoms with Crippen molar-refractivity contribution in [2.24, 2.45) is 0 Å². The molecule has 0 fully saturated rings. The molecule has 0 atom stereocenters. The van der Waals surface area contributed by atoms with Gasteiger partial charge < -0.3 is 19.4 Å². The second kappa shape index (κ2) is 15.2. The molecule has 286 valence electrons. The van der Waals surface area contributed by atoms with Gasteiger partial charge in [0.05, 0.1) is 5.69 Å². The molecule has 0 spiro atoms. The Morgan fingerprint density at radius 3 is 1.93 bits per heavy atom. The van der Waals surface area contributed by atoms with Gasteiger partial charge >= 0.3 is 0 Å².